The average molecular weight is 274 g/mol. The van der Waals surface area contributed by atoms with Crippen LogP contribution in [0.15, 0.2) is 18.2 Å². The van der Waals surface area contributed by atoms with E-state index in [2.05, 4.69) is 10.4 Å². The van der Waals surface area contributed by atoms with Gasteiger partial charge in [-0.3, -0.25) is 14.8 Å². The quantitative estimate of drug-likeness (QED) is 0.687. The fourth-order valence-electron chi connectivity index (χ4n) is 2.17. The number of hydrogen-bond donors (Lipinski definition) is 1. The Labute approximate surface area is 117 Å². The van der Waals surface area contributed by atoms with Gasteiger partial charge in [0, 0.05) is 36.1 Å². The van der Waals surface area contributed by atoms with Crippen molar-refractivity contribution >= 4 is 11.4 Å². The van der Waals surface area contributed by atoms with E-state index >= 15 is 0 Å². The summed E-state index contributed by atoms with van der Waals surface area (Å²) in [6.45, 7) is 6.51. The first-order valence-corrected chi connectivity index (χ1v) is 6.39. The van der Waals surface area contributed by atoms with Crippen molar-refractivity contribution in [2.75, 3.05) is 12.4 Å². The predicted molar refractivity (Wildman–Crippen MR) is 78.2 cm³/mol. The maximum Gasteiger partial charge on any atom is 0.269 e. The molecule has 2 rings (SSSR count). The van der Waals surface area contributed by atoms with Crippen LogP contribution in [0.3, 0.4) is 0 Å². The van der Waals surface area contributed by atoms with E-state index in [0.717, 1.165) is 28.2 Å². The molecule has 0 saturated heterocycles. The first-order chi connectivity index (χ1) is 9.43. The number of rotatable bonds is 4. The average Bonchev–Trinajstić information content (AvgIpc) is 2.66. The van der Waals surface area contributed by atoms with Crippen molar-refractivity contribution in [2.45, 2.75) is 27.3 Å². The lowest BCUT2D eigenvalue weighted by Gasteiger charge is -2.10. The molecule has 0 radical (unpaired) electrons. The lowest BCUT2D eigenvalue weighted by Crippen LogP contribution is -2.07. The number of nitrogens with one attached hydrogen (secondary N) is 1. The molecule has 1 aromatic carbocycles. The van der Waals surface area contributed by atoms with E-state index in [1.54, 1.807) is 19.2 Å². The molecule has 2 aromatic rings. The molecule has 0 aliphatic carbocycles. The van der Waals surface area contributed by atoms with Crippen molar-refractivity contribution in [1.29, 1.82) is 0 Å². The Kier molecular flexibility index (Phi) is 3.74. The molecule has 0 atom stereocenters. The van der Waals surface area contributed by atoms with Crippen LogP contribution >= 0.6 is 0 Å². The second-order valence-corrected chi connectivity index (χ2v) is 4.80. The molecule has 0 saturated carbocycles. The van der Waals surface area contributed by atoms with E-state index in [4.69, 9.17) is 0 Å². The van der Waals surface area contributed by atoms with Crippen LogP contribution in [0.5, 0.6) is 0 Å². The number of aromatic nitrogens is 2. The molecular weight excluding hydrogens is 256 g/mol. The first-order valence-electron chi connectivity index (χ1n) is 6.39. The van der Waals surface area contributed by atoms with E-state index in [1.165, 1.54) is 6.07 Å². The van der Waals surface area contributed by atoms with Crippen LogP contribution < -0.4 is 5.32 Å². The summed E-state index contributed by atoms with van der Waals surface area (Å²) in [4.78, 5) is 10.5. The largest absolute Gasteiger partial charge is 0.388 e. The molecule has 0 aliphatic rings. The Morgan fingerprint density at radius 3 is 2.55 bits per heavy atom. The van der Waals surface area contributed by atoms with Gasteiger partial charge in [-0.15, -0.1) is 0 Å². The zero-order chi connectivity index (χ0) is 14.9. The molecule has 0 bridgehead atoms. The zero-order valence-corrected chi connectivity index (χ0v) is 12.1. The number of hydrogen-bond acceptors (Lipinski definition) is 4. The summed E-state index contributed by atoms with van der Waals surface area (Å²) in [5.74, 6) is 0. The minimum Gasteiger partial charge on any atom is -0.388 e. The highest BCUT2D eigenvalue weighted by molar-refractivity contribution is 5.55. The summed E-state index contributed by atoms with van der Waals surface area (Å²) in [5.41, 5.74) is 5.04. The maximum absolute atomic E-state index is 10.9. The van der Waals surface area contributed by atoms with E-state index in [1.807, 2.05) is 25.5 Å². The fraction of sp³-hybridized carbons (Fsp3) is 0.357. The summed E-state index contributed by atoms with van der Waals surface area (Å²) in [6, 6.07) is 4.82. The number of non-ortho nitro benzene ring substituents is 1. The van der Waals surface area contributed by atoms with Crippen molar-refractivity contribution in [3.05, 3.63) is 50.8 Å². The standard InChI is InChI=1S/C14H18N4O2/c1-9-10(2)16-17(11(9)3)8-12-7-13(18(19)20)5-6-14(12)15-4/h5-7,15H,8H2,1-4H3. The SMILES string of the molecule is CNc1ccc([N+](=O)[O-])cc1Cn1nc(C)c(C)c1C. The first kappa shape index (κ1) is 14.0. The van der Waals surface area contributed by atoms with Gasteiger partial charge >= 0.3 is 0 Å². The molecule has 0 spiro atoms. The van der Waals surface area contributed by atoms with Gasteiger partial charge in [0.15, 0.2) is 0 Å². The van der Waals surface area contributed by atoms with Gasteiger partial charge in [-0.1, -0.05) is 0 Å². The second-order valence-electron chi connectivity index (χ2n) is 4.80. The second kappa shape index (κ2) is 5.32. The minimum absolute atomic E-state index is 0.0947. The third-order valence-corrected chi connectivity index (χ3v) is 3.63. The van der Waals surface area contributed by atoms with E-state index < -0.39 is 0 Å². The Morgan fingerprint density at radius 2 is 2.05 bits per heavy atom. The highest BCUT2D eigenvalue weighted by Gasteiger charge is 2.13. The van der Waals surface area contributed by atoms with Crippen LogP contribution in [0, 0.1) is 30.9 Å². The van der Waals surface area contributed by atoms with Gasteiger partial charge in [-0.2, -0.15) is 5.10 Å². The van der Waals surface area contributed by atoms with Gasteiger partial charge in [-0.05, 0) is 32.4 Å². The maximum atomic E-state index is 10.9. The Hall–Kier alpha value is -2.37. The Balaban J connectivity index is 2.43. The van der Waals surface area contributed by atoms with Crippen LogP contribution in [-0.4, -0.2) is 21.8 Å². The van der Waals surface area contributed by atoms with Crippen molar-refractivity contribution < 1.29 is 4.92 Å². The number of nitro groups is 1. The highest BCUT2D eigenvalue weighted by atomic mass is 16.6. The Morgan fingerprint density at radius 1 is 1.35 bits per heavy atom. The van der Waals surface area contributed by atoms with Gasteiger partial charge in [0.25, 0.3) is 5.69 Å². The van der Waals surface area contributed by atoms with Crippen LogP contribution in [0.1, 0.15) is 22.5 Å². The highest BCUT2D eigenvalue weighted by Crippen LogP contribution is 2.23. The molecule has 1 heterocycles. The molecule has 1 N–H and O–H groups in total. The normalized spacial score (nSPS) is 10.6. The number of nitro benzene ring substituents is 1. The van der Waals surface area contributed by atoms with Gasteiger partial charge in [0.1, 0.15) is 0 Å². The number of anilines is 1. The predicted octanol–water partition coefficient (Wildman–Crippen LogP) is 2.81. The lowest BCUT2D eigenvalue weighted by atomic mass is 10.1. The molecule has 20 heavy (non-hydrogen) atoms. The molecule has 0 unspecified atom stereocenters. The summed E-state index contributed by atoms with van der Waals surface area (Å²) in [6.07, 6.45) is 0. The summed E-state index contributed by atoms with van der Waals surface area (Å²) in [5, 5.41) is 18.4. The zero-order valence-electron chi connectivity index (χ0n) is 12.1. The molecular formula is C14H18N4O2. The van der Waals surface area contributed by atoms with Gasteiger partial charge in [-0.25, -0.2) is 0 Å². The van der Waals surface area contributed by atoms with Crippen LogP contribution in [0.4, 0.5) is 11.4 Å². The molecule has 0 fully saturated rings. The monoisotopic (exact) mass is 274 g/mol. The summed E-state index contributed by atoms with van der Waals surface area (Å²) >= 11 is 0. The van der Waals surface area contributed by atoms with Gasteiger partial charge in [0.05, 0.1) is 17.2 Å². The molecule has 1 aromatic heterocycles. The van der Waals surface area contributed by atoms with E-state index in [0.29, 0.717) is 6.54 Å². The third-order valence-electron chi connectivity index (χ3n) is 3.63. The minimum atomic E-state index is -0.380. The number of aryl methyl sites for hydroxylation is 1. The van der Waals surface area contributed by atoms with Crippen LogP contribution in [0.2, 0.25) is 0 Å². The fourth-order valence-corrected chi connectivity index (χ4v) is 2.17. The van der Waals surface area contributed by atoms with Gasteiger partial charge in [0.2, 0.25) is 0 Å². The van der Waals surface area contributed by atoms with Crippen molar-refractivity contribution in [2.24, 2.45) is 0 Å². The number of nitrogens with zero attached hydrogens (tertiary/aromatic N) is 3. The number of benzene rings is 1. The van der Waals surface area contributed by atoms with Crippen LogP contribution in [0.25, 0.3) is 0 Å². The lowest BCUT2D eigenvalue weighted by molar-refractivity contribution is -0.384. The smallest absolute Gasteiger partial charge is 0.269 e. The topological polar surface area (TPSA) is 73.0 Å². The van der Waals surface area contributed by atoms with E-state index in [-0.39, 0.29) is 10.6 Å². The summed E-state index contributed by atoms with van der Waals surface area (Å²) in [7, 11) is 1.80. The van der Waals surface area contributed by atoms with Crippen LogP contribution in [-0.2, 0) is 6.54 Å². The Bertz CT molecular complexity index is 661. The summed E-state index contributed by atoms with van der Waals surface area (Å²) < 4.78 is 1.88. The molecule has 0 amide bonds. The third kappa shape index (κ3) is 2.49. The molecule has 6 nitrogen and oxygen atoms in total. The van der Waals surface area contributed by atoms with Gasteiger partial charge < -0.3 is 5.32 Å². The van der Waals surface area contributed by atoms with E-state index in [9.17, 15) is 10.1 Å². The van der Waals surface area contributed by atoms with Crippen molar-refractivity contribution in [3.63, 3.8) is 0 Å². The van der Waals surface area contributed by atoms with Crippen molar-refractivity contribution in [1.82, 2.24) is 9.78 Å². The van der Waals surface area contributed by atoms with Crippen molar-refractivity contribution in [3.8, 4) is 0 Å². The molecule has 106 valence electrons. The molecule has 0 aliphatic heterocycles. The molecule has 6 heteroatoms.